The second-order valence-electron chi connectivity index (χ2n) is 7.56. The van der Waals surface area contributed by atoms with Crippen LogP contribution < -0.4 is 10.5 Å². The Balaban J connectivity index is 1.67. The zero-order chi connectivity index (χ0) is 22.2. The van der Waals surface area contributed by atoms with E-state index < -0.39 is 10.0 Å². The van der Waals surface area contributed by atoms with Crippen molar-refractivity contribution in [2.45, 2.75) is 25.3 Å². The molecule has 4 rings (SSSR count). The summed E-state index contributed by atoms with van der Waals surface area (Å²) in [6.45, 7) is 4.78. The lowest BCUT2D eigenvalue weighted by atomic mass is 10.1. The molecule has 1 aromatic heterocycles. The standard InChI is InChI=1S/C24H24N4O2S/c1-16-17(2)28(15-18-8-10-19(11-9-18)24(25)26)23-13-12-20(14-22(16)23)27-31(29,30)21-6-4-3-5-7-21/h3-14,27H,15H2,1-2H3,(H3,25,26). The maximum atomic E-state index is 12.7. The molecule has 0 spiro atoms. The monoisotopic (exact) mass is 432 g/mol. The molecular weight excluding hydrogens is 408 g/mol. The first-order chi connectivity index (χ1) is 14.8. The Morgan fingerprint density at radius 3 is 2.32 bits per heavy atom. The lowest BCUT2D eigenvalue weighted by Gasteiger charge is -2.11. The highest BCUT2D eigenvalue weighted by Gasteiger charge is 2.16. The van der Waals surface area contributed by atoms with Crippen molar-refractivity contribution < 1.29 is 8.42 Å². The minimum absolute atomic E-state index is 0.0514. The van der Waals surface area contributed by atoms with Crippen LogP contribution in [0.15, 0.2) is 77.7 Å². The first-order valence-electron chi connectivity index (χ1n) is 9.87. The van der Waals surface area contributed by atoms with Gasteiger partial charge in [0.25, 0.3) is 10.0 Å². The van der Waals surface area contributed by atoms with Gasteiger partial charge in [0.15, 0.2) is 0 Å². The lowest BCUT2D eigenvalue weighted by molar-refractivity contribution is 0.601. The maximum absolute atomic E-state index is 12.7. The van der Waals surface area contributed by atoms with Crippen LogP contribution in [0.3, 0.4) is 0 Å². The van der Waals surface area contributed by atoms with E-state index in [4.69, 9.17) is 11.1 Å². The van der Waals surface area contributed by atoms with Crippen LogP contribution in [0.25, 0.3) is 10.9 Å². The second kappa shape index (κ2) is 7.92. The highest BCUT2D eigenvalue weighted by molar-refractivity contribution is 7.92. The molecule has 1 heterocycles. The summed E-state index contributed by atoms with van der Waals surface area (Å²) in [6, 6.07) is 21.6. The van der Waals surface area contributed by atoms with Crippen LogP contribution >= 0.6 is 0 Å². The molecule has 0 fully saturated rings. The number of nitrogen functional groups attached to an aromatic ring is 1. The molecule has 0 bridgehead atoms. The summed E-state index contributed by atoms with van der Waals surface area (Å²) in [7, 11) is -3.64. The number of amidine groups is 1. The number of sulfonamides is 1. The Kier molecular flexibility index (Phi) is 5.29. The van der Waals surface area contributed by atoms with Crippen LogP contribution in [0.1, 0.15) is 22.4 Å². The number of aromatic nitrogens is 1. The summed E-state index contributed by atoms with van der Waals surface area (Å²) in [5, 5.41) is 8.54. The molecule has 3 aromatic carbocycles. The van der Waals surface area contributed by atoms with Crippen molar-refractivity contribution in [3.8, 4) is 0 Å². The van der Waals surface area contributed by atoms with Crippen LogP contribution in [0, 0.1) is 19.3 Å². The van der Waals surface area contributed by atoms with Gasteiger partial charge in [-0.25, -0.2) is 8.42 Å². The van der Waals surface area contributed by atoms with Crippen molar-refractivity contribution in [2.75, 3.05) is 4.72 Å². The third-order valence-electron chi connectivity index (χ3n) is 5.55. The molecule has 4 aromatic rings. The van der Waals surface area contributed by atoms with Crippen molar-refractivity contribution in [2.24, 2.45) is 5.73 Å². The van der Waals surface area contributed by atoms with Crippen molar-refractivity contribution in [3.05, 3.63) is 95.2 Å². The number of rotatable bonds is 6. The molecule has 31 heavy (non-hydrogen) atoms. The minimum Gasteiger partial charge on any atom is -0.384 e. The van der Waals surface area contributed by atoms with Gasteiger partial charge in [-0.1, -0.05) is 42.5 Å². The van der Waals surface area contributed by atoms with Crippen LogP contribution in [-0.4, -0.2) is 18.8 Å². The molecule has 158 valence electrons. The number of nitrogens with two attached hydrogens (primary N) is 1. The van der Waals surface area contributed by atoms with Crippen molar-refractivity contribution in [1.29, 1.82) is 5.41 Å². The van der Waals surface area contributed by atoms with Crippen molar-refractivity contribution in [3.63, 3.8) is 0 Å². The maximum Gasteiger partial charge on any atom is 0.261 e. The molecule has 0 atom stereocenters. The normalized spacial score (nSPS) is 11.5. The summed E-state index contributed by atoms with van der Waals surface area (Å²) in [6.07, 6.45) is 0. The van der Waals surface area contributed by atoms with E-state index in [1.807, 2.05) is 43.3 Å². The zero-order valence-corrected chi connectivity index (χ0v) is 18.2. The molecule has 4 N–H and O–H groups in total. The van der Waals surface area contributed by atoms with E-state index in [0.29, 0.717) is 17.8 Å². The average molecular weight is 433 g/mol. The van der Waals surface area contributed by atoms with E-state index in [9.17, 15) is 8.42 Å². The van der Waals surface area contributed by atoms with Gasteiger partial charge in [0.1, 0.15) is 5.84 Å². The second-order valence-corrected chi connectivity index (χ2v) is 9.24. The number of benzene rings is 3. The van der Waals surface area contributed by atoms with Gasteiger partial charge in [0, 0.05) is 34.4 Å². The van der Waals surface area contributed by atoms with Gasteiger partial charge < -0.3 is 10.3 Å². The first kappa shape index (κ1) is 20.7. The predicted molar refractivity (Wildman–Crippen MR) is 125 cm³/mol. The summed E-state index contributed by atoms with van der Waals surface area (Å²) in [5.74, 6) is 0.0514. The third-order valence-corrected chi connectivity index (χ3v) is 6.95. The summed E-state index contributed by atoms with van der Waals surface area (Å²) in [4.78, 5) is 0.231. The van der Waals surface area contributed by atoms with Crippen LogP contribution in [0.5, 0.6) is 0 Å². The van der Waals surface area contributed by atoms with Gasteiger partial charge >= 0.3 is 0 Å². The van der Waals surface area contributed by atoms with Gasteiger partial charge in [-0.3, -0.25) is 10.1 Å². The lowest BCUT2D eigenvalue weighted by Crippen LogP contribution is -2.12. The largest absolute Gasteiger partial charge is 0.384 e. The summed E-state index contributed by atoms with van der Waals surface area (Å²) >= 11 is 0. The van der Waals surface area contributed by atoms with Crippen LogP contribution in [0.4, 0.5) is 5.69 Å². The van der Waals surface area contributed by atoms with Gasteiger partial charge in [0.05, 0.1) is 4.90 Å². The fraction of sp³-hybridized carbons (Fsp3) is 0.125. The van der Waals surface area contributed by atoms with Crippen molar-refractivity contribution >= 4 is 32.4 Å². The first-order valence-corrected chi connectivity index (χ1v) is 11.4. The Bertz CT molecular complexity index is 1370. The quantitative estimate of drug-likeness (QED) is 0.311. The highest BCUT2D eigenvalue weighted by atomic mass is 32.2. The molecule has 0 unspecified atom stereocenters. The fourth-order valence-corrected chi connectivity index (χ4v) is 4.77. The Hall–Kier alpha value is -3.58. The predicted octanol–water partition coefficient (Wildman–Crippen LogP) is 4.39. The molecular formula is C24H24N4O2S. The Morgan fingerprint density at radius 2 is 1.68 bits per heavy atom. The van der Waals surface area contributed by atoms with E-state index >= 15 is 0 Å². The molecule has 0 aliphatic heterocycles. The van der Waals surface area contributed by atoms with Gasteiger partial charge in [-0.05, 0) is 55.3 Å². The summed E-state index contributed by atoms with van der Waals surface area (Å²) in [5.41, 5.74) is 11.1. The topological polar surface area (TPSA) is 101 Å². The summed E-state index contributed by atoms with van der Waals surface area (Å²) < 4.78 is 30.2. The molecule has 0 aliphatic rings. The Morgan fingerprint density at radius 1 is 1.00 bits per heavy atom. The zero-order valence-electron chi connectivity index (χ0n) is 17.4. The van der Waals surface area contributed by atoms with E-state index in [-0.39, 0.29) is 10.7 Å². The van der Waals surface area contributed by atoms with Gasteiger partial charge in [0.2, 0.25) is 0 Å². The Labute approximate surface area is 181 Å². The van der Waals surface area contributed by atoms with Crippen LogP contribution in [-0.2, 0) is 16.6 Å². The van der Waals surface area contributed by atoms with Crippen molar-refractivity contribution in [1.82, 2.24) is 4.57 Å². The molecule has 0 saturated carbocycles. The van der Waals surface area contributed by atoms with E-state index in [1.165, 1.54) is 0 Å². The number of anilines is 1. The molecule has 0 radical (unpaired) electrons. The molecule has 7 heteroatoms. The molecule has 6 nitrogen and oxygen atoms in total. The van der Waals surface area contributed by atoms with Gasteiger partial charge in [-0.15, -0.1) is 0 Å². The number of nitrogens with one attached hydrogen (secondary N) is 2. The van der Waals surface area contributed by atoms with E-state index in [1.54, 1.807) is 36.4 Å². The smallest absolute Gasteiger partial charge is 0.261 e. The van der Waals surface area contributed by atoms with E-state index in [0.717, 1.165) is 27.7 Å². The number of hydrogen-bond acceptors (Lipinski definition) is 3. The number of nitrogens with zero attached hydrogens (tertiary/aromatic N) is 1. The average Bonchev–Trinajstić information content (AvgIpc) is 2.99. The molecule has 0 amide bonds. The SMILES string of the molecule is Cc1c(C)n(Cc2ccc(C(=N)N)cc2)c2ccc(NS(=O)(=O)c3ccccc3)cc12. The van der Waals surface area contributed by atoms with Crippen LogP contribution in [0.2, 0.25) is 0 Å². The number of fused-ring (bicyclic) bond motifs is 1. The number of hydrogen-bond donors (Lipinski definition) is 3. The van der Waals surface area contributed by atoms with E-state index in [2.05, 4.69) is 16.2 Å². The number of aryl methyl sites for hydroxylation is 1. The highest BCUT2D eigenvalue weighted by Crippen LogP contribution is 2.29. The van der Waals surface area contributed by atoms with Gasteiger partial charge in [-0.2, -0.15) is 0 Å². The third kappa shape index (κ3) is 4.04. The molecule has 0 saturated heterocycles. The fourth-order valence-electron chi connectivity index (χ4n) is 3.70. The molecule has 0 aliphatic carbocycles. The minimum atomic E-state index is -3.64.